The van der Waals surface area contributed by atoms with Gasteiger partial charge in [0.2, 0.25) is 5.95 Å². The van der Waals surface area contributed by atoms with Gasteiger partial charge in [-0.1, -0.05) is 127 Å². The van der Waals surface area contributed by atoms with E-state index in [0.29, 0.717) is 5.95 Å². The molecule has 10 rings (SSSR count). The Kier molecular flexibility index (Phi) is 5.57. The summed E-state index contributed by atoms with van der Waals surface area (Å²) in [5.74, 6) is 0.667. The van der Waals surface area contributed by atoms with Crippen molar-refractivity contribution >= 4 is 65.0 Å². The van der Waals surface area contributed by atoms with Crippen molar-refractivity contribution in [2.24, 2.45) is 0 Å². The molecular weight excluding hydrogens is 571 g/mol. The Morgan fingerprint density at radius 2 is 1.00 bits per heavy atom. The van der Waals surface area contributed by atoms with Gasteiger partial charge in [-0.2, -0.15) is 0 Å². The lowest BCUT2D eigenvalue weighted by Gasteiger charge is -2.14. The molecule has 0 aliphatic carbocycles. The molecule has 8 aromatic carbocycles. The van der Waals surface area contributed by atoms with Crippen molar-refractivity contribution in [3.63, 3.8) is 0 Å². The van der Waals surface area contributed by atoms with E-state index in [1.54, 1.807) is 0 Å². The normalized spacial score (nSPS) is 11.8. The summed E-state index contributed by atoms with van der Waals surface area (Å²) in [5.41, 5.74) is 7.44. The maximum absolute atomic E-state index is 5.48. The Hall–Kier alpha value is -6.32. The molecule has 3 nitrogen and oxygen atoms in total. The van der Waals surface area contributed by atoms with Gasteiger partial charge < -0.3 is 0 Å². The summed E-state index contributed by atoms with van der Waals surface area (Å²) in [4.78, 5) is 10.8. The van der Waals surface area contributed by atoms with Crippen LogP contribution >= 0.6 is 0 Å². The van der Waals surface area contributed by atoms with E-state index in [9.17, 15) is 0 Å². The van der Waals surface area contributed by atoms with Gasteiger partial charge in [0.15, 0.2) is 0 Å². The number of rotatable bonds is 3. The summed E-state index contributed by atoms with van der Waals surface area (Å²) in [5, 5.41) is 10.7. The van der Waals surface area contributed by atoms with Gasteiger partial charge >= 0.3 is 0 Å². The van der Waals surface area contributed by atoms with Gasteiger partial charge in [-0.25, -0.2) is 9.97 Å². The summed E-state index contributed by atoms with van der Waals surface area (Å²) in [6.07, 6.45) is 0. The molecule has 10 aromatic rings. The van der Waals surface area contributed by atoms with E-state index < -0.39 is 0 Å². The molecule has 2 aromatic heterocycles. The predicted octanol–water partition coefficient (Wildman–Crippen LogP) is 11.5. The van der Waals surface area contributed by atoms with Crippen LogP contribution in [0.1, 0.15) is 0 Å². The molecular formula is C44H27N3. The molecule has 0 spiro atoms. The lowest BCUT2D eigenvalue weighted by atomic mass is 9.96. The number of hydrogen-bond donors (Lipinski definition) is 0. The number of aromatic nitrogens is 3. The van der Waals surface area contributed by atoms with Crippen LogP contribution in [0, 0.1) is 0 Å². The van der Waals surface area contributed by atoms with E-state index in [1.165, 1.54) is 48.7 Å². The SMILES string of the molecule is c1ccc2cc(-c3ccc4nc(-n5c6ccccc6c6cc7ccccc7cc65)nc(-c5cccc6ccccc56)c4c3)ccc2c1. The molecule has 0 fully saturated rings. The van der Waals surface area contributed by atoms with Crippen molar-refractivity contribution in [2.75, 3.05) is 0 Å². The summed E-state index contributed by atoms with van der Waals surface area (Å²) >= 11 is 0. The maximum atomic E-state index is 5.48. The molecule has 218 valence electrons. The molecule has 0 unspecified atom stereocenters. The number of para-hydroxylation sites is 1. The fraction of sp³-hybridized carbons (Fsp3) is 0. The van der Waals surface area contributed by atoms with E-state index in [1.807, 2.05) is 0 Å². The van der Waals surface area contributed by atoms with Gasteiger partial charge in [0.05, 0.1) is 22.2 Å². The molecule has 0 aliphatic heterocycles. The van der Waals surface area contributed by atoms with Crippen LogP contribution in [0.3, 0.4) is 0 Å². The fourth-order valence-electron chi connectivity index (χ4n) is 7.27. The van der Waals surface area contributed by atoms with Crippen molar-refractivity contribution in [1.29, 1.82) is 0 Å². The second-order valence-electron chi connectivity index (χ2n) is 12.3. The summed E-state index contributed by atoms with van der Waals surface area (Å²) in [6, 6.07) is 58.6. The van der Waals surface area contributed by atoms with E-state index in [2.05, 4.69) is 168 Å². The van der Waals surface area contributed by atoms with E-state index in [0.717, 1.165) is 38.8 Å². The number of fused-ring (bicyclic) bond motifs is 7. The number of hydrogen-bond acceptors (Lipinski definition) is 2. The molecule has 2 heterocycles. The lowest BCUT2D eigenvalue weighted by molar-refractivity contribution is 1.01. The van der Waals surface area contributed by atoms with Crippen LogP contribution in [0.4, 0.5) is 0 Å². The van der Waals surface area contributed by atoms with Crippen LogP contribution < -0.4 is 0 Å². The molecule has 0 atom stereocenters. The van der Waals surface area contributed by atoms with E-state index >= 15 is 0 Å². The Balaban J connectivity index is 1.29. The maximum Gasteiger partial charge on any atom is 0.235 e. The largest absolute Gasteiger partial charge is 0.278 e. The highest BCUT2D eigenvalue weighted by molar-refractivity contribution is 6.13. The Morgan fingerprint density at radius 1 is 0.362 bits per heavy atom. The first-order chi connectivity index (χ1) is 23.3. The van der Waals surface area contributed by atoms with Gasteiger partial charge in [0.25, 0.3) is 0 Å². The lowest BCUT2D eigenvalue weighted by Crippen LogP contribution is -2.04. The Bertz CT molecular complexity index is 2860. The quantitative estimate of drug-likeness (QED) is 0.203. The minimum atomic E-state index is 0.667. The van der Waals surface area contributed by atoms with Crippen LogP contribution in [0.25, 0.3) is 93.4 Å². The number of nitrogens with zero attached hydrogens (tertiary/aromatic N) is 3. The fourth-order valence-corrected chi connectivity index (χ4v) is 7.27. The van der Waals surface area contributed by atoms with Crippen molar-refractivity contribution in [1.82, 2.24) is 14.5 Å². The van der Waals surface area contributed by atoms with E-state index in [4.69, 9.17) is 9.97 Å². The molecule has 0 N–H and O–H groups in total. The first kappa shape index (κ1) is 26.0. The van der Waals surface area contributed by atoms with Gasteiger partial charge in [-0.3, -0.25) is 4.57 Å². The third-order valence-electron chi connectivity index (χ3n) is 9.55. The van der Waals surface area contributed by atoms with Gasteiger partial charge in [-0.15, -0.1) is 0 Å². The van der Waals surface area contributed by atoms with Crippen molar-refractivity contribution in [3.05, 3.63) is 164 Å². The molecule has 0 radical (unpaired) electrons. The molecule has 0 amide bonds. The highest BCUT2D eigenvalue weighted by Crippen LogP contribution is 2.38. The van der Waals surface area contributed by atoms with Crippen molar-refractivity contribution in [3.8, 4) is 28.3 Å². The zero-order valence-electron chi connectivity index (χ0n) is 25.4. The van der Waals surface area contributed by atoms with E-state index in [-0.39, 0.29) is 0 Å². The molecule has 0 aliphatic rings. The minimum absolute atomic E-state index is 0.667. The predicted molar refractivity (Wildman–Crippen MR) is 197 cm³/mol. The summed E-state index contributed by atoms with van der Waals surface area (Å²) in [7, 11) is 0. The smallest absolute Gasteiger partial charge is 0.235 e. The highest BCUT2D eigenvalue weighted by Gasteiger charge is 2.19. The van der Waals surface area contributed by atoms with Crippen LogP contribution in [-0.2, 0) is 0 Å². The third-order valence-corrected chi connectivity index (χ3v) is 9.55. The summed E-state index contributed by atoms with van der Waals surface area (Å²) < 4.78 is 2.24. The molecule has 47 heavy (non-hydrogen) atoms. The molecule has 3 heteroatoms. The second-order valence-corrected chi connectivity index (χ2v) is 12.3. The molecule has 0 saturated carbocycles. The molecule has 0 saturated heterocycles. The van der Waals surface area contributed by atoms with Crippen LogP contribution in [-0.4, -0.2) is 14.5 Å². The van der Waals surface area contributed by atoms with Crippen molar-refractivity contribution < 1.29 is 0 Å². The van der Waals surface area contributed by atoms with Crippen LogP contribution in [0.5, 0.6) is 0 Å². The van der Waals surface area contributed by atoms with Gasteiger partial charge in [-0.05, 0) is 79.8 Å². The highest BCUT2D eigenvalue weighted by atomic mass is 15.2. The van der Waals surface area contributed by atoms with Gasteiger partial charge in [0, 0.05) is 21.7 Å². The first-order valence-corrected chi connectivity index (χ1v) is 16.0. The second kappa shape index (κ2) is 10.1. The van der Waals surface area contributed by atoms with Crippen LogP contribution in [0.2, 0.25) is 0 Å². The van der Waals surface area contributed by atoms with Crippen LogP contribution in [0.15, 0.2) is 164 Å². The minimum Gasteiger partial charge on any atom is -0.278 e. The average molecular weight is 598 g/mol. The topological polar surface area (TPSA) is 30.7 Å². The zero-order chi connectivity index (χ0) is 30.9. The third kappa shape index (κ3) is 4.07. The Morgan fingerprint density at radius 3 is 1.85 bits per heavy atom. The summed E-state index contributed by atoms with van der Waals surface area (Å²) in [6.45, 7) is 0. The average Bonchev–Trinajstić information content (AvgIpc) is 3.46. The zero-order valence-corrected chi connectivity index (χ0v) is 25.4. The van der Waals surface area contributed by atoms with Gasteiger partial charge in [0.1, 0.15) is 0 Å². The van der Waals surface area contributed by atoms with Crippen molar-refractivity contribution in [2.45, 2.75) is 0 Å². The number of benzene rings is 8. The molecule has 0 bridgehead atoms. The first-order valence-electron chi connectivity index (χ1n) is 16.0. The monoisotopic (exact) mass is 597 g/mol. The standard InChI is InChI=1S/C44H27N3/c1-2-12-30-24-33(21-20-28(30)10-1)34-22-23-40-39(26-34)43(37-18-9-15-29-11-5-6-16-35(29)37)46-44(45-40)47-41-19-8-7-17-36(41)38-25-31-13-3-4-14-32(31)27-42(38)47/h1-27H. The Labute approximate surface area is 271 Å².